The second-order valence-electron chi connectivity index (χ2n) is 5.40. The number of nitrogens with zero attached hydrogens (tertiary/aromatic N) is 1. The average molecular weight is 389 g/mol. The first-order chi connectivity index (χ1) is 11.8. The van der Waals surface area contributed by atoms with Gasteiger partial charge in [0.1, 0.15) is 24.1 Å². The number of aliphatic hydroxyl groups is 3. The maximum absolute atomic E-state index is 11.3. The molecule has 3 heterocycles. The van der Waals surface area contributed by atoms with Gasteiger partial charge < -0.3 is 24.8 Å². The lowest BCUT2D eigenvalue weighted by Crippen LogP contribution is -2.61. The predicted molar refractivity (Wildman–Crippen MR) is 86.4 cm³/mol. The van der Waals surface area contributed by atoms with E-state index in [1.807, 2.05) is 16.8 Å². The van der Waals surface area contributed by atoms with Crippen LogP contribution in [0.15, 0.2) is 35.3 Å². The molecule has 25 heavy (non-hydrogen) atoms. The van der Waals surface area contributed by atoms with Crippen LogP contribution in [0.4, 0.5) is 0 Å². The molecule has 0 saturated carbocycles. The Hall–Kier alpha value is -1.60. The minimum absolute atomic E-state index is 0.144. The lowest BCUT2D eigenvalue weighted by Gasteiger charge is -2.38. The minimum atomic E-state index is -4.84. The first-order valence-corrected chi connectivity index (χ1v) is 9.52. The summed E-state index contributed by atoms with van der Waals surface area (Å²) in [5.74, 6) is 0.144. The highest BCUT2D eigenvalue weighted by molar-refractivity contribution is 7.86. The van der Waals surface area contributed by atoms with Gasteiger partial charge in [-0.15, -0.1) is 0 Å². The molecule has 4 N–H and O–H groups in total. The van der Waals surface area contributed by atoms with Gasteiger partial charge in [0.05, 0.1) is 6.20 Å². The summed E-state index contributed by atoms with van der Waals surface area (Å²) < 4.78 is 41.9. The van der Waals surface area contributed by atoms with Crippen LogP contribution in [0.3, 0.4) is 0 Å². The Labute approximate surface area is 146 Å². The van der Waals surface area contributed by atoms with Gasteiger partial charge in [0.15, 0.2) is 0 Å². The summed E-state index contributed by atoms with van der Waals surface area (Å²) in [6.07, 6.45) is -4.39. The molecule has 1 aliphatic heterocycles. The minimum Gasteiger partial charge on any atom is -0.460 e. The summed E-state index contributed by atoms with van der Waals surface area (Å²) in [4.78, 5) is 4.00. The molecule has 9 nitrogen and oxygen atoms in total. The number of hydrogen-bond donors (Lipinski definition) is 4. The van der Waals surface area contributed by atoms with Gasteiger partial charge in [-0.3, -0.25) is 9.54 Å². The van der Waals surface area contributed by atoms with Crippen molar-refractivity contribution < 1.29 is 37.8 Å². The fourth-order valence-electron chi connectivity index (χ4n) is 2.37. The standard InChI is InChI=1S/C14H15NO8S2/c16-10-11(17)13(23-14(12(10)18)25(19,20)21)22-9-3-8(4-15-5-9)7-1-2-24-6-7/h1-6,10-14,16-18H,(H,19,20,21)/t10-,11-,12+,13-,14?/m1/s1. The second-order valence-corrected chi connectivity index (χ2v) is 7.67. The number of rotatable bonds is 4. The number of ether oxygens (including phenoxy) is 2. The summed E-state index contributed by atoms with van der Waals surface area (Å²) in [6, 6.07) is 3.46. The van der Waals surface area contributed by atoms with E-state index >= 15 is 0 Å². The smallest absolute Gasteiger partial charge is 0.295 e. The number of thiophene rings is 1. The Bertz CT molecular complexity index is 825. The van der Waals surface area contributed by atoms with Crippen LogP contribution in [0.5, 0.6) is 5.75 Å². The summed E-state index contributed by atoms with van der Waals surface area (Å²) in [5.41, 5.74) is -0.542. The van der Waals surface area contributed by atoms with Crippen molar-refractivity contribution in [3.8, 4) is 16.9 Å². The van der Waals surface area contributed by atoms with Crippen LogP contribution in [0.1, 0.15) is 0 Å². The number of aliphatic hydroxyl groups excluding tert-OH is 3. The Morgan fingerprint density at radius 2 is 1.88 bits per heavy atom. The van der Waals surface area contributed by atoms with Gasteiger partial charge in [-0.05, 0) is 28.5 Å². The monoisotopic (exact) mass is 389 g/mol. The molecule has 0 radical (unpaired) electrons. The van der Waals surface area contributed by atoms with E-state index in [-0.39, 0.29) is 5.75 Å². The second kappa shape index (κ2) is 6.96. The molecule has 1 saturated heterocycles. The van der Waals surface area contributed by atoms with Crippen LogP contribution in [0.2, 0.25) is 0 Å². The highest BCUT2D eigenvalue weighted by atomic mass is 32.2. The summed E-state index contributed by atoms with van der Waals surface area (Å²) in [7, 11) is -4.84. The zero-order valence-electron chi connectivity index (χ0n) is 12.5. The van der Waals surface area contributed by atoms with Crippen molar-refractivity contribution in [1.82, 2.24) is 4.98 Å². The molecule has 0 aliphatic carbocycles. The fraction of sp³-hybridized carbons (Fsp3) is 0.357. The van der Waals surface area contributed by atoms with E-state index in [4.69, 9.17) is 14.0 Å². The topological polar surface area (TPSA) is 146 Å². The molecule has 0 aromatic carbocycles. The zero-order valence-corrected chi connectivity index (χ0v) is 14.2. The number of aromatic nitrogens is 1. The van der Waals surface area contributed by atoms with Crippen molar-refractivity contribution in [2.45, 2.75) is 30.0 Å². The molecule has 11 heteroatoms. The molecule has 3 rings (SSSR count). The maximum atomic E-state index is 11.3. The van der Waals surface area contributed by atoms with Crippen molar-refractivity contribution >= 4 is 21.5 Å². The number of hydrogen-bond acceptors (Lipinski definition) is 9. The highest BCUT2D eigenvalue weighted by Crippen LogP contribution is 2.29. The third-order valence-electron chi connectivity index (χ3n) is 3.64. The van der Waals surface area contributed by atoms with E-state index in [2.05, 4.69) is 4.98 Å². The molecule has 1 aliphatic rings. The largest absolute Gasteiger partial charge is 0.460 e. The maximum Gasteiger partial charge on any atom is 0.295 e. The van der Waals surface area contributed by atoms with E-state index < -0.39 is 40.2 Å². The number of pyridine rings is 1. The van der Waals surface area contributed by atoms with Gasteiger partial charge in [-0.2, -0.15) is 19.8 Å². The van der Waals surface area contributed by atoms with E-state index in [1.54, 1.807) is 12.3 Å². The molecule has 2 aromatic heterocycles. The van der Waals surface area contributed by atoms with E-state index in [0.29, 0.717) is 0 Å². The normalized spacial score (nSPS) is 30.2. The lowest BCUT2D eigenvalue weighted by molar-refractivity contribution is -0.254. The molecule has 1 unspecified atom stereocenters. The van der Waals surface area contributed by atoms with Crippen LogP contribution in [0.25, 0.3) is 11.1 Å². The molecule has 5 atom stereocenters. The fourth-order valence-corrected chi connectivity index (χ4v) is 3.79. The first kappa shape index (κ1) is 18.2. The Balaban J connectivity index is 1.83. The lowest BCUT2D eigenvalue weighted by atomic mass is 10.1. The molecular formula is C14H15NO8S2. The zero-order chi connectivity index (χ0) is 18.2. The Kier molecular flexibility index (Phi) is 5.06. The quantitative estimate of drug-likeness (QED) is 0.524. The highest BCUT2D eigenvalue weighted by Gasteiger charge is 2.50. The van der Waals surface area contributed by atoms with Crippen molar-refractivity contribution in [3.63, 3.8) is 0 Å². The van der Waals surface area contributed by atoms with Crippen LogP contribution >= 0.6 is 11.3 Å². The Morgan fingerprint density at radius 3 is 2.52 bits per heavy atom. The van der Waals surface area contributed by atoms with Crippen molar-refractivity contribution in [2.75, 3.05) is 0 Å². The van der Waals surface area contributed by atoms with Gasteiger partial charge >= 0.3 is 0 Å². The predicted octanol–water partition coefficient (Wildman–Crippen LogP) is -0.158. The van der Waals surface area contributed by atoms with E-state index in [1.165, 1.54) is 17.5 Å². The molecule has 1 fully saturated rings. The average Bonchev–Trinajstić information content (AvgIpc) is 3.09. The molecule has 2 aromatic rings. The van der Waals surface area contributed by atoms with Crippen molar-refractivity contribution in [1.29, 1.82) is 0 Å². The Morgan fingerprint density at radius 1 is 1.12 bits per heavy atom. The third kappa shape index (κ3) is 3.82. The van der Waals surface area contributed by atoms with Crippen LogP contribution in [-0.4, -0.2) is 63.3 Å². The first-order valence-electron chi connectivity index (χ1n) is 7.07. The van der Waals surface area contributed by atoms with E-state index in [0.717, 1.165) is 11.1 Å². The SMILES string of the molecule is O=S(=O)(O)C1O[C@@H](Oc2cncc(-c3ccsc3)c2)[C@H](O)[C@@H](O)[C@@H]1O. The molecule has 0 bridgehead atoms. The van der Waals surface area contributed by atoms with Gasteiger partial charge in [-0.25, -0.2) is 0 Å². The summed E-state index contributed by atoms with van der Waals surface area (Å²) in [6.45, 7) is 0. The third-order valence-corrected chi connectivity index (χ3v) is 5.30. The van der Waals surface area contributed by atoms with Crippen LogP contribution < -0.4 is 4.74 Å². The van der Waals surface area contributed by atoms with Gasteiger partial charge in [0.2, 0.25) is 11.7 Å². The molecule has 0 amide bonds. The summed E-state index contributed by atoms with van der Waals surface area (Å²) >= 11 is 1.49. The molecule has 136 valence electrons. The van der Waals surface area contributed by atoms with E-state index in [9.17, 15) is 23.7 Å². The molecular weight excluding hydrogens is 374 g/mol. The van der Waals surface area contributed by atoms with Crippen molar-refractivity contribution in [3.05, 3.63) is 35.3 Å². The molecule has 0 spiro atoms. The van der Waals surface area contributed by atoms with Crippen LogP contribution in [0, 0.1) is 0 Å². The van der Waals surface area contributed by atoms with Gasteiger partial charge in [-0.1, -0.05) is 0 Å². The van der Waals surface area contributed by atoms with Gasteiger partial charge in [0, 0.05) is 11.8 Å². The van der Waals surface area contributed by atoms with Crippen molar-refractivity contribution in [2.24, 2.45) is 0 Å². The van der Waals surface area contributed by atoms with Gasteiger partial charge in [0.25, 0.3) is 10.1 Å². The summed E-state index contributed by atoms with van der Waals surface area (Å²) in [5, 5.41) is 33.2. The van der Waals surface area contributed by atoms with Crippen LogP contribution in [-0.2, 0) is 14.9 Å².